The highest BCUT2D eigenvalue weighted by atomic mass is 14.9. The minimum atomic E-state index is 0.689. The second-order valence-corrected chi connectivity index (χ2v) is 16.0. The summed E-state index contributed by atoms with van der Waals surface area (Å²) in [6, 6.07) is 80.0. The molecule has 3 nitrogen and oxygen atoms in total. The number of hydrogen-bond donors (Lipinski definition) is 0. The molecule has 62 heavy (non-hydrogen) atoms. The molecule has 0 fully saturated rings. The molecule has 2 heterocycles. The third kappa shape index (κ3) is 6.36. The van der Waals surface area contributed by atoms with E-state index in [1.165, 1.54) is 48.8 Å². The van der Waals surface area contributed by atoms with Gasteiger partial charge in [0.2, 0.25) is 0 Å². The Balaban J connectivity index is 0.950. The van der Waals surface area contributed by atoms with Gasteiger partial charge in [0.05, 0.1) is 22.6 Å². The molecule has 0 N–H and O–H groups in total. The van der Waals surface area contributed by atoms with Crippen LogP contribution in [0.25, 0.3) is 121 Å². The van der Waals surface area contributed by atoms with Gasteiger partial charge in [-0.3, -0.25) is 0 Å². The molecule has 12 aromatic rings. The van der Waals surface area contributed by atoms with E-state index in [1.807, 2.05) is 0 Å². The Hall–Kier alpha value is -8.27. The average molecular weight is 788 g/mol. The molecular formula is C59H37N3. The highest BCUT2D eigenvalue weighted by Gasteiger charge is 2.16. The van der Waals surface area contributed by atoms with Crippen molar-refractivity contribution in [2.45, 2.75) is 0 Å². The molecule has 2 aromatic heterocycles. The van der Waals surface area contributed by atoms with Gasteiger partial charge in [-0.25, -0.2) is 15.0 Å². The van der Waals surface area contributed by atoms with Crippen LogP contribution >= 0.6 is 0 Å². The van der Waals surface area contributed by atoms with Crippen molar-refractivity contribution in [2.75, 3.05) is 0 Å². The summed E-state index contributed by atoms with van der Waals surface area (Å²) in [6.45, 7) is 0. The largest absolute Gasteiger partial charge is 0.247 e. The van der Waals surface area contributed by atoms with Crippen molar-refractivity contribution < 1.29 is 0 Å². The van der Waals surface area contributed by atoms with E-state index < -0.39 is 0 Å². The predicted octanol–water partition coefficient (Wildman–Crippen LogP) is 15.6. The van der Waals surface area contributed by atoms with Crippen molar-refractivity contribution in [3.05, 3.63) is 224 Å². The standard InChI is InChI=1S/C59H37N3/c1-2-11-38(12-3-1)47-30-32-54-53(36-47)57-51-20-9-8-15-42(51)29-31-52(57)58(60-54)50-19-10-18-46(35-50)41-21-25-43(26-22-41)59-61-55(48-27-23-39-13-4-6-16-44(39)33-48)37-56(62-59)49-28-24-40-14-5-7-17-45(40)34-49/h1-37H. The Bertz CT molecular complexity index is 3590. The summed E-state index contributed by atoms with van der Waals surface area (Å²) in [5.41, 5.74) is 12.5. The number of pyridine rings is 1. The minimum absolute atomic E-state index is 0.689. The van der Waals surface area contributed by atoms with Crippen LogP contribution in [0.5, 0.6) is 0 Å². The lowest BCUT2D eigenvalue weighted by Gasteiger charge is -2.15. The van der Waals surface area contributed by atoms with Crippen LogP contribution in [0.3, 0.4) is 0 Å². The summed E-state index contributed by atoms with van der Waals surface area (Å²) in [4.78, 5) is 15.8. The fourth-order valence-electron chi connectivity index (χ4n) is 9.03. The Morgan fingerprint density at radius 1 is 0.242 bits per heavy atom. The number of benzene rings is 10. The summed E-state index contributed by atoms with van der Waals surface area (Å²) in [5.74, 6) is 0.689. The van der Waals surface area contributed by atoms with E-state index in [4.69, 9.17) is 15.0 Å². The first-order valence-corrected chi connectivity index (χ1v) is 21.1. The smallest absolute Gasteiger partial charge is 0.160 e. The third-order valence-corrected chi connectivity index (χ3v) is 12.2. The molecule has 0 aliphatic carbocycles. The fraction of sp³-hybridized carbons (Fsp3) is 0. The van der Waals surface area contributed by atoms with Gasteiger partial charge in [-0.05, 0) is 91.0 Å². The van der Waals surface area contributed by atoms with Gasteiger partial charge < -0.3 is 0 Å². The number of hydrogen-bond acceptors (Lipinski definition) is 3. The van der Waals surface area contributed by atoms with Crippen LogP contribution in [-0.2, 0) is 0 Å². The van der Waals surface area contributed by atoms with Crippen molar-refractivity contribution in [2.24, 2.45) is 0 Å². The van der Waals surface area contributed by atoms with Crippen molar-refractivity contribution in [1.82, 2.24) is 15.0 Å². The zero-order chi connectivity index (χ0) is 41.0. The number of nitrogens with zero attached hydrogens (tertiary/aromatic N) is 3. The highest BCUT2D eigenvalue weighted by Crippen LogP contribution is 2.40. The molecule has 288 valence electrons. The summed E-state index contributed by atoms with van der Waals surface area (Å²) >= 11 is 0. The average Bonchev–Trinajstić information content (AvgIpc) is 3.35. The Morgan fingerprint density at radius 3 is 1.47 bits per heavy atom. The van der Waals surface area contributed by atoms with E-state index in [9.17, 15) is 0 Å². The fourth-order valence-corrected chi connectivity index (χ4v) is 9.03. The van der Waals surface area contributed by atoms with Crippen molar-refractivity contribution in [1.29, 1.82) is 0 Å². The van der Waals surface area contributed by atoms with Gasteiger partial charge in [0.25, 0.3) is 0 Å². The lowest BCUT2D eigenvalue weighted by molar-refractivity contribution is 1.18. The molecular weight excluding hydrogens is 751 g/mol. The van der Waals surface area contributed by atoms with E-state index >= 15 is 0 Å². The maximum Gasteiger partial charge on any atom is 0.160 e. The molecule has 0 saturated carbocycles. The molecule has 10 aromatic carbocycles. The van der Waals surface area contributed by atoms with Gasteiger partial charge >= 0.3 is 0 Å². The van der Waals surface area contributed by atoms with Crippen LogP contribution in [0.1, 0.15) is 0 Å². The molecule has 0 unspecified atom stereocenters. The summed E-state index contributed by atoms with van der Waals surface area (Å²) in [5, 5.41) is 10.7. The second-order valence-electron chi connectivity index (χ2n) is 16.0. The van der Waals surface area contributed by atoms with Crippen molar-refractivity contribution >= 4 is 54.0 Å². The maximum atomic E-state index is 5.39. The number of aromatic nitrogens is 3. The topological polar surface area (TPSA) is 38.7 Å². The van der Waals surface area contributed by atoms with Gasteiger partial charge in [0, 0.05) is 38.4 Å². The Labute approximate surface area is 359 Å². The first kappa shape index (κ1) is 35.7. The van der Waals surface area contributed by atoms with Gasteiger partial charge in [0.15, 0.2) is 5.82 Å². The summed E-state index contributed by atoms with van der Waals surface area (Å²) < 4.78 is 0. The number of fused-ring (bicyclic) bond motifs is 7. The zero-order valence-electron chi connectivity index (χ0n) is 33.7. The van der Waals surface area contributed by atoms with E-state index in [0.29, 0.717) is 5.82 Å². The predicted molar refractivity (Wildman–Crippen MR) is 260 cm³/mol. The molecule has 0 spiro atoms. The molecule has 0 saturated heterocycles. The highest BCUT2D eigenvalue weighted by molar-refractivity contribution is 6.23. The van der Waals surface area contributed by atoms with Crippen LogP contribution in [0.2, 0.25) is 0 Å². The second kappa shape index (κ2) is 14.8. The summed E-state index contributed by atoms with van der Waals surface area (Å²) in [7, 11) is 0. The summed E-state index contributed by atoms with van der Waals surface area (Å²) in [6.07, 6.45) is 0. The first-order chi connectivity index (χ1) is 30.7. The minimum Gasteiger partial charge on any atom is -0.247 e. The van der Waals surface area contributed by atoms with Crippen LogP contribution in [0, 0.1) is 0 Å². The molecule has 0 amide bonds. The maximum absolute atomic E-state index is 5.39. The Kier molecular flexibility index (Phi) is 8.50. The van der Waals surface area contributed by atoms with Gasteiger partial charge in [-0.15, -0.1) is 0 Å². The lowest BCUT2D eigenvalue weighted by atomic mass is 9.92. The zero-order valence-corrected chi connectivity index (χ0v) is 33.7. The molecule has 0 radical (unpaired) electrons. The molecule has 0 atom stereocenters. The van der Waals surface area contributed by atoms with E-state index in [-0.39, 0.29) is 0 Å². The molecule has 0 aliphatic heterocycles. The van der Waals surface area contributed by atoms with Crippen molar-refractivity contribution in [3.8, 4) is 67.4 Å². The van der Waals surface area contributed by atoms with Crippen LogP contribution in [-0.4, -0.2) is 15.0 Å². The molecule has 3 heteroatoms. The van der Waals surface area contributed by atoms with Crippen molar-refractivity contribution in [3.63, 3.8) is 0 Å². The quantitative estimate of drug-likeness (QED) is 0.158. The van der Waals surface area contributed by atoms with Crippen LogP contribution in [0.4, 0.5) is 0 Å². The monoisotopic (exact) mass is 787 g/mol. The van der Waals surface area contributed by atoms with Crippen LogP contribution < -0.4 is 0 Å². The first-order valence-electron chi connectivity index (χ1n) is 21.1. The van der Waals surface area contributed by atoms with Gasteiger partial charge in [-0.2, -0.15) is 0 Å². The molecule has 12 rings (SSSR count). The molecule has 0 bridgehead atoms. The van der Waals surface area contributed by atoms with Gasteiger partial charge in [-0.1, -0.05) is 188 Å². The molecule has 0 aliphatic rings. The van der Waals surface area contributed by atoms with E-state index in [1.54, 1.807) is 0 Å². The Morgan fingerprint density at radius 2 is 0.758 bits per heavy atom. The van der Waals surface area contributed by atoms with Crippen LogP contribution in [0.15, 0.2) is 224 Å². The third-order valence-electron chi connectivity index (χ3n) is 12.2. The number of rotatable bonds is 6. The van der Waals surface area contributed by atoms with E-state index in [0.717, 1.165) is 66.8 Å². The van der Waals surface area contributed by atoms with Gasteiger partial charge in [0.1, 0.15) is 0 Å². The van der Waals surface area contributed by atoms with E-state index in [2.05, 4.69) is 224 Å². The SMILES string of the molecule is c1ccc(-c2ccc3nc(-c4cccc(-c5ccc(-c6nc(-c7ccc8ccccc8c7)cc(-c7ccc8ccccc8c7)n6)cc5)c4)c4ccc5ccccc5c4c3c2)cc1. The normalized spacial score (nSPS) is 11.5. The lowest BCUT2D eigenvalue weighted by Crippen LogP contribution is -1.96.